The van der Waals surface area contributed by atoms with Crippen molar-refractivity contribution >= 4 is 0 Å². The second-order valence-electron chi connectivity index (χ2n) is 6.13. The smallest absolute Gasteiger partial charge is 0.132 e. The molecular formula is C18H21NO2. The zero-order valence-corrected chi connectivity index (χ0v) is 12.8. The lowest BCUT2D eigenvalue weighted by molar-refractivity contribution is 0.105. The van der Waals surface area contributed by atoms with Gasteiger partial charge in [0.25, 0.3) is 0 Å². The molecule has 0 saturated heterocycles. The van der Waals surface area contributed by atoms with Crippen LogP contribution in [0.4, 0.5) is 0 Å². The van der Waals surface area contributed by atoms with Gasteiger partial charge in [-0.2, -0.15) is 0 Å². The number of pyridine rings is 1. The summed E-state index contributed by atoms with van der Waals surface area (Å²) < 4.78 is 6.16. The monoisotopic (exact) mass is 283 g/mol. The maximum atomic E-state index is 10.4. The van der Waals surface area contributed by atoms with E-state index in [4.69, 9.17) is 4.74 Å². The van der Waals surface area contributed by atoms with E-state index >= 15 is 0 Å². The average molecular weight is 283 g/mol. The number of nitrogens with zero attached hydrogens (tertiary/aromatic N) is 1. The molecule has 1 aliphatic heterocycles. The molecule has 0 unspecified atom stereocenters. The van der Waals surface area contributed by atoms with E-state index in [9.17, 15) is 5.11 Å². The molecule has 1 aromatic carbocycles. The highest BCUT2D eigenvalue weighted by atomic mass is 16.5. The molecule has 110 valence electrons. The van der Waals surface area contributed by atoms with Crippen LogP contribution in [0, 0.1) is 0 Å². The Morgan fingerprint density at radius 1 is 1.29 bits per heavy atom. The van der Waals surface area contributed by atoms with E-state index in [1.807, 2.05) is 32.2 Å². The number of aryl methyl sites for hydroxylation is 1. The largest absolute Gasteiger partial charge is 0.507 e. The first kappa shape index (κ1) is 13.9. The van der Waals surface area contributed by atoms with Gasteiger partial charge in [-0.3, -0.25) is 4.98 Å². The standard InChI is InChI=1S/C18H21NO2/c1-4-5-6-12-9-15(20)17-13-11-19-8-7-14(13)18(2,3)21-16(17)10-12/h7-11,20H,4-6H2,1-3H3. The van der Waals surface area contributed by atoms with Gasteiger partial charge in [0, 0.05) is 23.5 Å². The summed E-state index contributed by atoms with van der Waals surface area (Å²) in [5.41, 5.74) is 3.49. The number of hydrogen-bond donors (Lipinski definition) is 1. The number of fused-ring (bicyclic) bond motifs is 3. The minimum Gasteiger partial charge on any atom is -0.507 e. The molecule has 3 nitrogen and oxygen atoms in total. The molecule has 1 aromatic heterocycles. The first-order chi connectivity index (χ1) is 10.0. The normalized spacial score (nSPS) is 15.0. The Hall–Kier alpha value is -2.03. The van der Waals surface area contributed by atoms with Crippen molar-refractivity contribution < 1.29 is 9.84 Å². The van der Waals surface area contributed by atoms with Gasteiger partial charge in [0.05, 0.1) is 5.56 Å². The molecule has 0 fully saturated rings. The minimum absolute atomic E-state index is 0.281. The van der Waals surface area contributed by atoms with Crippen LogP contribution in [0.15, 0.2) is 30.6 Å². The number of phenols is 1. The van der Waals surface area contributed by atoms with Crippen molar-refractivity contribution in [2.45, 2.75) is 45.6 Å². The van der Waals surface area contributed by atoms with Gasteiger partial charge < -0.3 is 9.84 Å². The van der Waals surface area contributed by atoms with E-state index in [-0.39, 0.29) is 5.75 Å². The Morgan fingerprint density at radius 2 is 2.10 bits per heavy atom. The third-order valence-corrected chi connectivity index (χ3v) is 4.06. The first-order valence-corrected chi connectivity index (χ1v) is 7.52. The Kier molecular flexibility index (Phi) is 3.36. The van der Waals surface area contributed by atoms with Crippen LogP contribution in [-0.2, 0) is 12.0 Å². The lowest BCUT2D eigenvalue weighted by Crippen LogP contribution is -2.29. The van der Waals surface area contributed by atoms with Crippen molar-refractivity contribution in [3.05, 3.63) is 41.7 Å². The van der Waals surface area contributed by atoms with E-state index in [1.165, 1.54) is 0 Å². The number of aromatic nitrogens is 1. The lowest BCUT2D eigenvalue weighted by atomic mass is 9.86. The van der Waals surface area contributed by atoms with Crippen LogP contribution < -0.4 is 4.74 Å². The van der Waals surface area contributed by atoms with Gasteiger partial charge in [0.15, 0.2) is 0 Å². The third kappa shape index (κ3) is 2.37. The van der Waals surface area contributed by atoms with Crippen LogP contribution in [-0.4, -0.2) is 10.1 Å². The topological polar surface area (TPSA) is 42.4 Å². The van der Waals surface area contributed by atoms with E-state index in [0.717, 1.165) is 47.3 Å². The summed E-state index contributed by atoms with van der Waals surface area (Å²) in [6.45, 7) is 6.26. The van der Waals surface area contributed by atoms with Crippen LogP contribution in [0.1, 0.15) is 44.7 Å². The van der Waals surface area contributed by atoms with E-state index in [0.29, 0.717) is 0 Å². The summed E-state index contributed by atoms with van der Waals surface area (Å²) in [6.07, 6.45) is 6.78. The molecule has 2 heterocycles. The first-order valence-electron chi connectivity index (χ1n) is 7.52. The van der Waals surface area contributed by atoms with Crippen molar-refractivity contribution in [3.8, 4) is 22.6 Å². The summed E-state index contributed by atoms with van der Waals surface area (Å²) in [6, 6.07) is 5.87. The molecule has 0 atom stereocenters. The fraction of sp³-hybridized carbons (Fsp3) is 0.389. The maximum absolute atomic E-state index is 10.4. The van der Waals surface area contributed by atoms with Gasteiger partial charge >= 0.3 is 0 Å². The zero-order valence-electron chi connectivity index (χ0n) is 12.8. The highest BCUT2D eigenvalue weighted by molar-refractivity contribution is 5.81. The summed E-state index contributed by atoms with van der Waals surface area (Å²) in [5, 5.41) is 10.4. The zero-order chi connectivity index (χ0) is 15.0. The molecule has 3 rings (SSSR count). The molecule has 3 heteroatoms. The minimum atomic E-state index is -0.416. The molecule has 0 aliphatic carbocycles. The maximum Gasteiger partial charge on any atom is 0.132 e. The number of aromatic hydroxyl groups is 1. The van der Waals surface area contributed by atoms with Crippen molar-refractivity contribution in [1.29, 1.82) is 0 Å². The van der Waals surface area contributed by atoms with Crippen LogP contribution in [0.25, 0.3) is 11.1 Å². The number of phenolic OH excluding ortho intramolecular Hbond substituents is 1. The average Bonchev–Trinajstić information content (AvgIpc) is 2.44. The molecule has 0 spiro atoms. The molecular weight excluding hydrogens is 262 g/mol. The number of unbranched alkanes of at least 4 members (excludes halogenated alkanes) is 1. The molecule has 0 radical (unpaired) electrons. The number of rotatable bonds is 3. The van der Waals surface area contributed by atoms with E-state index in [2.05, 4.69) is 18.0 Å². The third-order valence-electron chi connectivity index (χ3n) is 4.06. The molecule has 1 aliphatic rings. The number of benzene rings is 1. The van der Waals surface area contributed by atoms with E-state index in [1.54, 1.807) is 6.20 Å². The Morgan fingerprint density at radius 3 is 2.86 bits per heavy atom. The molecule has 21 heavy (non-hydrogen) atoms. The molecule has 0 amide bonds. The Labute approximate surface area is 125 Å². The van der Waals surface area contributed by atoms with Crippen molar-refractivity contribution in [2.24, 2.45) is 0 Å². The van der Waals surface area contributed by atoms with Crippen LogP contribution >= 0.6 is 0 Å². The van der Waals surface area contributed by atoms with Crippen LogP contribution in [0.3, 0.4) is 0 Å². The Bertz CT molecular complexity index is 677. The molecule has 0 saturated carbocycles. The van der Waals surface area contributed by atoms with E-state index < -0.39 is 5.60 Å². The quantitative estimate of drug-likeness (QED) is 0.906. The predicted octanol–water partition coefficient (Wildman–Crippen LogP) is 4.42. The summed E-state index contributed by atoms with van der Waals surface area (Å²) in [7, 11) is 0. The van der Waals surface area contributed by atoms with Crippen molar-refractivity contribution in [2.75, 3.05) is 0 Å². The van der Waals surface area contributed by atoms with Gasteiger partial charge in [-0.25, -0.2) is 0 Å². The second-order valence-corrected chi connectivity index (χ2v) is 6.13. The summed E-state index contributed by atoms with van der Waals surface area (Å²) >= 11 is 0. The van der Waals surface area contributed by atoms with Gasteiger partial charge in [-0.15, -0.1) is 0 Å². The van der Waals surface area contributed by atoms with Gasteiger partial charge in [-0.1, -0.05) is 13.3 Å². The van der Waals surface area contributed by atoms with Crippen molar-refractivity contribution in [3.63, 3.8) is 0 Å². The summed E-state index contributed by atoms with van der Waals surface area (Å²) in [4.78, 5) is 4.21. The van der Waals surface area contributed by atoms with Crippen LogP contribution in [0.5, 0.6) is 11.5 Å². The van der Waals surface area contributed by atoms with Crippen molar-refractivity contribution in [1.82, 2.24) is 4.98 Å². The number of ether oxygens (including phenoxy) is 1. The SMILES string of the molecule is CCCCc1cc(O)c2c(c1)OC(C)(C)c1ccncc1-2. The van der Waals surface area contributed by atoms with Gasteiger partial charge in [0.2, 0.25) is 0 Å². The van der Waals surface area contributed by atoms with Crippen LogP contribution in [0.2, 0.25) is 0 Å². The molecule has 2 aromatic rings. The summed E-state index contributed by atoms with van der Waals surface area (Å²) in [5.74, 6) is 1.04. The fourth-order valence-corrected chi connectivity index (χ4v) is 2.98. The predicted molar refractivity (Wildman–Crippen MR) is 83.6 cm³/mol. The highest BCUT2D eigenvalue weighted by Crippen LogP contribution is 2.49. The molecule has 1 N–H and O–H groups in total. The fourth-order valence-electron chi connectivity index (χ4n) is 2.98. The Balaban J connectivity index is 2.15. The molecule has 0 bridgehead atoms. The number of hydrogen-bond acceptors (Lipinski definition) is 3. The highest BCUT2D eigenvalue weighted by Gasteiger charge is 2.34. The second kappa shape index (κ2) is 5.06. The van der Waals surface area contributed by atoms with Gasteiger partial charge in [-0.05, 0) is 50.5 Å². The van der Waals surface area contributed by atoms with Gasteiger partial charge in [0.1, 0.15) is 17.1 Å². The lowest BCUT2D eigenvalue weighted by Gasteiger charge is -2.35.